The van der Waals surface area contributed by atoms with Gasteiger partial charge in [0, 0.05) is 24.8 Å². The first-order valence-corrected chi connectivity index (χ1v) is 16.6. The molecule has 0 aromatic carbocycles. The summed E-state index contributed by atoms with van der Waals surface area (Å²) in [5.74, 6) is 0. The number of rotatable bonds is 4. The van der Waals surface area contributed by atoms with Crippen LogP contribution < -0.4 is 10.4 Å². The van der Waals surface area contributed by atoms with Gasteiger partial charge in [0.2, 0.25) is 0 Å². The standard InChI is InChI=1S/2C12H13N2Si.2CHNS.Ru/c2*1-15(2)10-6-7-12(14-9-10)11-5-3-4-8-13-11;2*2-1-3;/h2*3-9H,1-2H3;2*3H;/q;;;;+2/p-2. The van der Waals surface area contributed by atoms with Gasteiger partial charge in [-0.1, -0.05) is 61.3 Å². The van der Waals surface area contributed by atoms with Gasteiger partial charge in [-0.2, -0.15) is 0 Å². The summed E-state index contributed by atoms with van der Waals surface area (Å²) in [6.45, 7) is 9.06. The van der Waals surface area contributed by atoms with Crippen LogP contribution in [-0.2, 0) is 44.7 Å². The third kappa shape index (κ3) is 13.3. The second kappa shape index (κ2) is 20.2. The minimum atomic E-state index is -0.393. The van der Waals surface area contributed by atoms with Crippen LogP contribution >= 0.6 is 0 Å². The van der Waals surface area contributed by atoms with Gasteiger partial charge in [0.15, 0.2) is 0 Å². The maximum atomic E-state index is 7.13. The van der Waals surface area contributed by atoms with Crippen molar-refractivity contribution in [3.8, 4) is 33.6 Å². The Kier molecular flexibility index (Phi) is 18.6. The van der Waals surface area contributed by atoms with Crippen molar-refractivity contribution in [2.45, 2.75) is 26.2 Å². The van der Waals surface area contributed by atoms with Gasteiger partial charge in [0.25, 0.3) is 0 Å². The Morgan fingerprint density at radius 2 is 0.892 bits per heavy atom. The number of pyridine rings is 4. The van der Waals surface area contributed by atoms with Crippen LogP contribution in [-0.4, -0.2) is 37.5 Å². The van der Waals surface area contributed by atoms with E-state index in [1.165, 1.54) is 21.2 Å². The van der Waals surface area contributed by atoms with Crippen LogP contribution in [0, 0.1) is 21.3 Å². The molecule has 0 aliphatic rings. The molecule has 11 heteroatoms. The van der Waals surface area contributed by atoms with Crippen LogP contribution in [0.1, 0.15) is 0 Å². The molecule has 4 rings (SSSR count). The van der Waals surface area contributed by atoms with E-state index in [-0.39, 0.29) is 19.5 Å². The van der Waals surface area contributed by atoms with E-state index in [1.54, 1.807) is 12.4 Å². The van der Waals surface area contributed by atoms with E-state index in [0.717, 1.165) is 22.8 Å². The molecule has 0 spiro atoms. The van der Waals surface area contributed by atoms with E-state index in [2.05, 4.69) is 95.6 Å². The Hall–Kier alpha value is -2.92. The van der Waals surface area contributed by atoms with E-state index in [4.69, 9.17) is 10.5 Å². The smallest absolute Gasteiger partial charge is 0.696 e. The minimum absolute atomic E-state index is 0. The summed E-state index contributed by atoms with van der Waals surface area (Å²) < 4.78 is 0. The number of thiocyanates is 2. The second-order valence-electron chi connectivity index (χ2n) is 7.48. The molecule has 4 aromatic heterocycles. The van der Waals surface area contributed by atoms with Crippen molar-refractivity contribution in [1.82, 2.24) is 19.9 Å². The van der Waals surface area contributed by atoms with Gasteiger partial charge < -0.3 is 25.3 Å². The molecule has 0 bridgehead atoms. The van der Waals surface area contributed by atoms with Crippen molar-refractivity contribution < 1.29 is 19.5 Å². The summed E-state index contributed by atoms with van der Waals surface area (Å²) >= 11 is 7.40. The monoisotopic (exact) mass is 644 g/mol. The Morgan fingerprint density at radius 3 is 1.11 bits per heavy atom. The normalized spacial score (nSPS) is 8.97. The minimum Gasteiger partial charge on any atom is -0.696 e. The molecule has 0 saturated carbocycles. The maximum absolute atomic E-state index is 7.13. The van der Waals surface area contributed by atoms with Crippen LogP contribution in [0.5, 0.6) is 0 Å². The fourth-order valence-corrected chi connectivity index (χ4v) is 4.19. The third-order valence-corrected chi connectivity index (χ3v) is 7.44. The number of hydrogen-bond acceptors (Lipinski definition) is 8. The summed E-state index contributed by atoms with van der Waals surface area (Å²) in [5.41, 5.74) is 3.76. The quantitative estimate of drug-likeness (QED) is 0.185. The van der Waals surface area contributed by atoms with Crippen LogP contribution in [0.3, 0.4) is 0 Å². The third-order valence-electron chi connectivity index (χ3n) is 4.54. The average Bonchev–Trinajstić information content (AvgIpc) is 2.91. The molecule has 2 radical (unpaired) electrons. The Morgan fingerprint density at radius 1 is 0.568 bits per heavy atom. The fraction of sp³-hybridized carbons (Fsp3) is 0.154. The first kappa shape index (κ1) is 34.1. The van der Waals surface area contributed by atoms with Crippen LogP contribution in [0.15, 0.2) is 85.5 Å². The molecule has 0 unspecified atom stereocenters. The number of nitrogens with zero attached hydrogens (tertiary/aromatic N) is 6. The molecule has 0 saturated heterocycles. The molecule has 4 heterocycles. The zero-order chi connectivity index (χ0) is 26.8. The van der Waals surface area contributed by atoms with E-state index in [0.29, 0.717) is 0 Å². The predicted octanol–water partition coefficient (Wildman–Crippen LogP) is 4.24. The molecule has 0 aliphatic carbocycles. The summed E-state index contributed by atoms with van der Waals surface area (Å²) in [6.07, 6.45) is 7.52. The Bertz CT molecular complexity index is 1120. The van der Waals surface area contributed by atoms with Gasteiger partial charge in [-0.15, -0.1) is 0 Å². The number of nitriles is 2. The maximum Gasteiger partial charge on any atom is 2.00 e. The molecular weight excluding hydrogens is 618 g/mol. The van der Waals surface area contributed by atoms with Gasteiger partial charge in [-0.05, 0) is 46.8 Å². The second-order valence-corrected chi connectivity index (χ2v) is 13.0. The van der Waals surface area contributed by atoms with Gasteiger partial charge in [0.05, 0.1) is 40.4 Å². The Labute approximate surface area is 247 Å². The van der Waals surface area contributed by atoms with Crippen molar-refractivity contribution in [2.75, 3.05) is 0 Å². The molecular formula is C26H26N6RuS2Si2. The van der Waals surface area contributed by atoms with E-state index < -0.39 is 17.6 Å². The molecule has 0 amide bonds. The molecule has 0 N–H and O–H groups in total. The molecule has 0 aliphatic heterocycles. The van der Waals surface area contributed by atoms with Crippen molar-refractivity contribution in [1.29, 1.82) is 10.5 Å². The largest absolute Gasteiger partial charge is 2.00 e. The molecule has 188 valence electrons. The summed E-state index contributed by atoms with van der Waals surface area (Å²) in [5, 5.41) is 19.7. The van der Waals surface area contributed by atoms with Crippen LogP contribution in [0.25, 0.3) is 22.8 Å². The van der Waals surface area contributed by atoms with E-state index in [9.17, 15) is 0 Å². The Balaban J connectivity index is 0.000000566. The molecule has 0 fully saturated rings. The van der Waals surface area contributed by atoms with Gasteiger partial charge in [-0.25, -0.2) is 10.5 Å². The van der Waals surface area contributed by atoms with Gasteiger partial charge in [0.1, 0.15) is 0 Å². The zero-order valence-corrected chi connectivity index (χ0v) is 26.3. The molecule has 0 atom stereocenters. The molecule has 4 aromatic rings. The van der Waals surface area contributed by atoms with Gasteiger partial charge >= 0.3 is 19.5 Å². The summed E-state index contributed by atoms with van der Waals surface area (Å²) in [6, 6.07) is 20.2. The summed E-state index contributed by atoms with van der Waals surface area (Å²) in [4.78, 5) is 17.4. The van der Waals surface area contributed by atoms with Crippen LogP contribution in [0.4, 0.5) is 0 Å². The number of aromatic nitrogens is 4. The topological polar surface area (TPSA) is 99.1 Å². The van der Waals surface area contributed by atoms with Gasteiger partial charge in [-0.3, -0.25) is 19.9 Å². The first-order valence-electron chi connectivity index (χ1n) is 10.8. The van der Waals surface area contributed by atoms with Crippen molar-refractivity contribution in [3.05, 3.63) is 85.5 Å². The predicted molar refractivity (Wildman–Crippen MR) is 155 cm³/mol. The van der Waals surface area contributed by atoms with Crippen molar-refractivity contribution in [2.24, 2.45) is 0 Å². The first-order chi connectivity index (χ1) is 17.4. The SMILES string of the molecule is C[Si](C)c1ccc(-c2ccccn2)nc1.C[Si](C)c1ccc(-c2ccccn2)nc1.N#C[S-].N#C[S-].[Ru+2]. The number of hydrogen-bond donors (Lipinski definition) is 0. The molecule has 37 heavy (non-hydrogen) atoms. The zero-order valence-electron chi connectivity index (χ0n) is 20.9. The fourth-order valence-electron chi connectivity index (χ4n) is 2.71. The van der Waals surface area contributed by atoms with Crippen molar-refractivity contribution in [3.63, 3.8) is 0 Å². The van der Waals surface area contributed by atoms with E-state index >= 15 is 0 Å². The molecule has 6 nitrogen and oxygen atoms in total. The van der Waals surface area contributed by atoms with E-state index in [1.807, 2.05) is 48.8 Å². The summed E-state index contributed by atoms with van der Waals surface area (Å²) in [7, 11) is -0.786. The average molecular weight is 644 g/mol. The van der Waals surface area contributed by atoms with Crippen molar-refractivity contribution >= 4 is 53.2 Å². The van der Waals surface area contributed by atoms with Crippen LogP contribution in [0.2, 0.25) is 26.2 Å².